The van der Waals surface area contributed by atoms with E-state index in [1.165, 1.54) is 12.8 Å². The van der Waals surface area contributed by atoms with Gasteiger partial charge in [-0.2, -0.15) is 0 Å². The lowest BCUT2D eigenvalue weighted by molar-refractivity contribution is 0.0690. The van der Waals surface area contributed by atoms with E-state index in [1.54, 1.807) is 6.07 Å². The molecule has 0 bridgehead atoms. The Bertz CT molecular complexity index is 452. The van der Waals surface area contributed by atoms with Crippen LogP contribution >= 0.6 is 0 Å². The molecule has 1 aromatic heterocycles. The first kappa shape index (κ1) is 13.8. The highest BCUT2D eigenvalue weighted by atomic mass is 16.4. The molecule has 19 heavy (non-hydrogen) atoms. The Morgan fingerprint density at radius 3 is 2.37 bits per heavy atom. The Morgan fingerprint density at radius 2 is 1.84 bits per heavy atom. The summed E-state index contributed by atoms with van der Waals surface area (Å²) in [5.74, 6) is -0.210. The fourth-order valence-corrected chi connectivity index (χ4v) is 2.27. The minimum absolute atomic E-state index is 0.0953. The summed E-state index contributed by atoms with van der Waals surface area (Å²) in [5.41, 5.74) is 0.893. The third-order valence-electron chi connectivity index (χ3n) is 3.43. The van der Waals surface area contributed by atoms with Crippen molar-refractivity contribution in [1.82, 2.24) is 9.97 Å². The quantitative estimate of drug-likeness (QED) is 0.908. The predicted octanol–water partition coefficient (Wildman–Crippen LogP) is 2.68. The van der Waals surface area contributed by atoms with Gasteiger partial charge in [0.05, 0.1) is 0 Å². The van der Waals surface area contributed by atoms with Gasteiger partial charge in [0.2, 0.25) is 5.95 Å². The molecule has 0 atom stereocenters. The number of anilines is 1. The smallest absolute Gasteiger partial charge is 0.354 e. The molecule has 1 aliphatic heterocycles. The second-order valence-electron chi connectivity index (χ2n) is 5.34. The van der Waals surface area contributed by atoms with Crippen molar-refractivity contribution in [3.05, 3.63) is 17.5 Å². The highest BCUT2D eigenvalue weighted by molar-refractivity contribution is 5.85. The van der Waals surface area contributed by atoms with Crippen LogP contribution in [0.4, 0.5) is 5.95 Å². The van der Waals surface area contributed by atoms with Crippen molar-refractivity contribution in [2.75, 3.05) is 18.0 Å². The van der Waals surface area contributed by atoms with E-state index in [9.17, 15) is 4.79 Å². The first-order valence-electron chi connectivity index (χ1n) is 6.95. The molecule has 0 radical (unpaired) electrons. The Labute approximate surface area is 113 Å². The monoisotopic (exact) mass is 263 g/mol. The summed E-state index contributed by atoms with van der Waals surface area (Å²) >= 11 is 0. The normalized spacial score (nSPS) is 16.5. The number of carboxylic acids is 1. The number of hydrogen-bond donors (Lipinski definition) is 1. The number of aromatic carboxylic acids is 1. The van der Waals surface area contributed by atoms with Crippen molar-refractivity contribution < 1.29 is 9.90 Å². The van der Waals surface area contributed by atoms with Gasteiger partial charge < -0.3 is 10.0 Å². The summed E-state index contributed by atoms with van der Waals surface area (Å²) in [7, 11) is 0. The lowest BCUT2D eigenvalue weighted by atomic mass is 10.1. The fraction of sp³-hybridized carbons (Fsp3) is 0.643. The number of aromatic nitrogens is 2. The standard InChI is InChI=1S/C14H21N3O2/c1-10(2)11-9-12(13(18)19)16-14(15-11)17-7-5-3-4-6-8-17/h9-10H,3-8H2,1-2H3,(H,18,19). The Morgan fingerprint density at radius 1 is 1.21 bits per heavy atom. The van der Waals surface area contributed by atoms with E-state index < -0.39 is 5.97 Å². The van der Waals surface area contributed by atoms with Crippen molar-refractivity contribution in [3.8, 4) is 0 Å². The molecule has 1 fully saturated rings. The second kappa shape index (κ2) is 5.99. The molecule has 1 aromatic rings. The molecule has 0 amide bonds. The molecule has 0 spiro atoms. The molecule has 0 aromatic carbocycles. The van der Waals surface area contributed by atoms with Crippen molar-refractivity contribution in [1.29, 1.82) is 0 Å². The molecule has 1 saturated heterocycles. The molecule has 2 heterocycles. The average Bonchev–Trinajstić information content (AvgIpc) is 2.66. The molecule has 0 saturated carbocycles. The zero-order valence-corrected chi connectivity index (χ0v) is 11.6. The SMILES string of the molecule is CC(C)c1cc(C(=O)O)nc(N2CCCCCC2)n1. The van der Waals surface area contributed by atoms with Crippen LogP contribution in [0.15, 0.2) is 6.07 Å². The van der Waals surface area contributed by atoms with Gasteiger partial charge in [-0.25, -0.2) is 14.8 Å². The molecule has 104 valence electrons. The second-order valence-corrected chi connectivity index (χ2v) is 5.34. The van der Waals surface area contributed by atoms with Gasteiger partial charge in [0.15, 0.2) is 5.69 Å². The maximum Gasteiger partial charge on any atom is 0.354 e. The minimum atomic E-state index is -0.986. The lowest BCUT2D eigenvalue weighted by Gasteiger charge is -2.21. The number of carboxylic acid groups (broad SMARTS) is 1. The van der Waals surface area contributed by atoms with Gasteiger partial charge in [-0.1, -0.05) is 26.7 Å². The lowest BCUT2D eigenvalue weighted by Crippen LogP contribution is -2.27. The zero-order chi connectivity index (χ0) is 13.8. The van der Waals surface area contributed by atoms with Crippen LogP contribution in [0, 0.1) is 0 Å². The van der Waals surface area contributed by atoms with Crippen LogP contribution in [0.3, 0.4) is 0 Å². The highest BCUT2D eigenvalue weighted by Gasteiger charge is 2.17. The maximum absolute atomic E-state index is 11.2. The summed E-state index contributed by atoms with van der Waals surface area (Å²) in [5, 5.41) is 9.16. The van der Waals surface area contributed by atoms with Crippen molar-refractivity contribution in [2.45, 2.75) is 45.4 Å². The average molecular weight is 263 g/mol. The fourth-order valence-electron chi connectivity index (χ4n) is 2.27. The van der Waals surface area contributed by atoms with E-state index in [0.29, 0.717) is 5.95 Å². The molecule has 1 aliphatic rings. The first-order valence-corrected chi connectivity index (χ1v) is 6.95. The van der Waals surface area contributed by atoms with Gasteiger partial charge >= 0.3 is 5.97 Å². The molecule has 1 N–H and O–H groups in total. The van der Waals surface area contributed by atoms with Gasteiger partial charge in [0.25, 0.3) is 0 Å². The molecule has 5 heteroatoms. The van der Waals surface area contributed by atoms with Crippen molar-refractivity contribution >= 4 is 11.9 Å². The Kier molecular flexibility index (Phi) is 4.35. The molecule has 5 nitrogen and oxygen atoms in total. The summed E-state index contributed by atoms with van der Waals surface area (Å²) in [6, 6.07) is 1.58. The largest absolute Gasteiger partial charge is 0.477 e. The topological polar surface area (TPSA) is 66.3 Å². The molecule has 0 unspecified atom stereocenters. The van der Waals surface area contributed by atoms with E-state index in [0.717, 1.165) is 31.6 Å². The summed E-state index contributed by atoms with van der Waals surface area (Å²) < 4.78 is 0. The molecule has 0 aliphatic carbocycles. The molecular formula is C14H21N3O2. The number of carbonyl (C=O) groups is 1. The third kappa shape index (κ3) is 3.43. The summed E-state index contributed by atoms with van der Waals surface area (Å²) in [4.78, 5) is 22.0. The Balaban J connectivity index is 2.34. The maximum atomic E-state index is 11.2. The third-order valence-corrected chi connectivity index (χ3v) is 3.43. The van der Waals surface area contributed by atoms with Crippen LogP contribution in [-0.4, -0.2) is 34.1 Å². The van der Waals surface area contributed by atoms with Gasteiger partial charge in [0.1, 0.15) is 0 Å². The first-order chi connectivity index (χ1) is 9.08. The van der Waals surface area contributed by atoms with E-state index in [1.807, 2.05) is 13.8 Å². The van der Waals surface area contributed by atoms with Gasteiger partial charge in [0, 0.05) is 18.8 Å². The number of nitrogens with zero attached hydrogens (tertiary/aromatic N) is 3. The van der Waals surface area contributed by atoms with Crippen LogP contribution in [0.5, 0.6) is 0 Å². The van der Waals surface area contributed by atoms with Crippen LogP contribution in [-0.2, 0) is 0 Å². The minimum Gasteiger partial charge on any atom is -0.477 e. The van der Waals surface area contributed by atoms with E-state index in [-0.39, 0.29) is 11.6 Å². The summed E-state index contributed by atoms with van der Waals surface area (Å²) in [6.07, 6.45) is 4.70. The van der Waals surface area contributed by atoms with Gasteiger partial charge in [-0.3, -0.25) is 0 Å². The van der Waals surface area contributed by atoms with E-state index in [4.69, 9.17) is 5.11 Å². The number of rotatable bonds is 3. The van der Waals surface area contributed by atoms with Crippen molar-refractivity contribution in [3.63, 3.8) is 0 Å². The Hall–Kier alpha value is -1.65. The van der Waals surface area contributed by atoms with Gasteiger partial charge in [-0.15, -0.1) is 0 Å². The molecular weight excluding hydrogens is 242 g/mol. The van der Waals surface area contributed by atoms with Crippen LogP contribution in [0.25, 0.3) is 0 Å². The van der Waals surface area contributed by atoms with Gasteiger partial charge in [-0.05, 0) is 24.8 Å². The highest BCUT2D eigenvalue weighted by Crippen LogP contribution is 2.20. The van der Waals surface area contributed by atoms with Crippen LogP contribution in [0.2, 0.25) is 0 Å². The summed E-state index contributed by atoms with van der Waals surface area (Å²) in [6.45, 7) is 5.86. The van der Waals surface area contributed by atoms with Crippen molar-refractivity contribution in [2.24, 2.45) is 0 Å². The zero-order valence-electron chi connectivity index (χ0n) is 11.6. The van der Waals surface area contributed by atoms with E-state index >= 15 is 0 Å². The number of hydrogen-bond acceptors (Lipinski definition) is 4. The molecule has 2 rings (SSSR count). The van der Waals surface area contributed by atoms with Crippen LogP contribution < -0.4 is 4.90 Å². The van der Waals surface area contributed by atoms with E-state index in [2.05, 4.69) is 14.9 Å². The predicted molar refractivity (Wildman–Crippen MR) is 73.8 cm³/mol. The van der Waals surface area contributed by atoms with Crippen LogP contribution in [0.1, 0.15) is 61.6 Å².